The summed E-state index contributed by atoms with van der Waals surface area (Å²) in [4.78, 5) is 10.5. The Labute approximate surface area is 62.8 Å². The molecule has 11 heavy (non-hydrogen) atoms. The van der Waals surface area contributed by atoms with Crippen molar-refractivity contribution < 1.29 is 14.3 Å². The third-order valence-electron chi connectivity index (χ3n) is 1.80. The topological polar surface area (TPSA) is 62.5 Å². The van der Waals surface area contributed by atoms with Crippen LogP contribution in [0, 0.1) is 0 Å². The van der Waals surface area contributed by atoms with Crippen LogP contribution in [0.5, 0.6) is 0 Å². The summed E-state index contributed by atoms with van der Waals surface area (Å²) in [5, 5.41) is 11.7. The van der Waals surface area contributed by atoms with Gasteiger partial charge in [-0.3, -0.25) is 0 Å². The second-order valence-corrected chi connectivity index (χ2v) is 2.46. The van der Waals surface area contributed by atoms with Gasteiger partial charge in [-0.1, -0.05) is 0 Å². The zero-order valence-electron chi connectivity index (χ0n) is 5.76. The van der Waals surface area contributed by atoms with E-state index in [2.05, 4.69) is 5.32 Å². The molecule has 0 spiro atoms. The summed E-state index contributed by atoms with van der Waals surface area (Å²) in [6.45, 7) is 1.25. The quantitative estimate of drug-likeness (QED) is 0.619. The Kier molecular flexibility index (Phi) is 1.22. The van der Waals surface area contributed by atoms with E-state index in [1.807, 2.05) is 0 Å². The standard InChI is InChI=1S/C7H7NO3/c9-7(10)5-3-11-6-2-8-1-4(5)6/h3,8H,1-2H2,(H,9,10). The zero-order chi connectivity index (χ0) is 7.84. The highest BCUT2D eigenvalue weighted by atomic mass is 16.4. The molecule has 1 aliphatic heterocycles. The summed E-state index contributed by atoms with van der Waals surface area (Å²) in [5.41, 5.74) is 1.07. The van der Waals surface area contributed by atoms with E-state index in [0.29, 0.717) is 13.1 Å². The van der Waals surface area contributed by atoms with E-state index >= 15 is 0 Å². The minimum atomic E-state index is -0.918. The molecule has 0 radical (unpaired) electrons. The molecule has 2 N–H and O–H groups in total. The molecule has 0 aromatic carbocycles. The Bertz CT molecular complexity index is 303. The first-order valence-corrected chi connectivity index (χ1v) is 3.32. The second-order valence-electron chi connectivity index (χ2n) is 2.46. The molecule has 0 saturated carbocycles. The Balaban J connectivity index is 2.50. The molecule has 0 aliphatic carbocycles. The van der Waals surface area contributed by atoms with E-state index in [0.717, 1.165) is 11.3 Å². The van der Waals surface area contributed by atoms with Crippen molar-refractivity contribution in [3.63, 3.8) is 0 Å². The van der Waals surface area contributed by atoms with E-state index in [1.165, 1.54) is 6.26 Å². The molecule has 1 aliphatic rings. The molecule has 0 fully saturated rings. The fraction of sp³-hybridized carbons (Fsp3) is 0.286. The molecule has 1 aromatic rings. The lowest BCUT2D eigenvalue weighted by Crippen LogP contribution is -2.04. The minimum absolute atomic E-state index is 0.282. The van der Waals surface area contributed by atoms with E-state index in [-0.39, 0.29) is 5.56 Å². The fourth-order valence-corrected chi connectivity index (χ4v) is 1.25. The lowest BCUT2D eigenvalue weighted by molar-refractivity contribution is 0.0695. The molecule has 58 valence electrons. The van der Waals surface area contributed by atoms with Crippen molar-refractivity contribution in [1.82, 2.24) is 5.32 Å². The molecule has 2 rings (SSSR count). The van der Waals surface area contributed by atoms with Gasteiger partial charge in [0.1, 0.15) is 17.6 Å². The van der Waals surface area contributed by atoms with Crippen LogP contribution in [0.1, 0.15) is 21.7 Å². The summed E-state index contributed by atoms with van der Waals surface area (Å²) in [6, 6.07) is 0. The smallest absolute Gasteiger partial charge is 0.339 e. The second kappa shape index (κ2) is 2.10. The van der Waals surface area contributed by atoms with Gasteiger partial charge < -0.3 is 14.8 Å². The normalized spacial score (nSPS) is 14.9. The Hall–Kier alpha value is -1.29. The predicted octanol–water partition coefficient (Wildman–Crippen LogP) is 0.581. The molecule has 0 saturated heterocycles. The maximum atomic E-state index is 10.5. The number of fused-ring (bicyclic) bond motifs is 1. The van der Waals surface area contributed by atoms with Gasteiger partial charge in [-0.25, -0.2) is 4.79 Å². The van der Waals surface area contributed by atoms with Crippen LogP contribution in [0.25, 0.3) is 0 Å². The number of hydrogen-bond acceptors (Lipinski definition) is 3. The maximum absolute atomic E-state index is 10.5. The van der Waals surface area contributed by atoms with Crippen LogP contribution in [0.15, 0.2) is 10.7 Å². The van der Waals surface area contributed by atoms with Crippen LogP contribution in [-0.2, 0) is 13.1 Å². The van der Waals surface area contributed by atoms with Crippen molar-refractivity contribution in [3.05, 3.63) is 23.2 Å². The first kappa shape index (κ1) is 6.42. The zero-order valence-corrected chi connectivity index (χ0v) is 5.76. The summed E-state index contributed by atoms with van der Waals surface area (Å²) < 4.78 is 5.03. The summed E-state index contributed by atoms with van der Waals surface area (Å²) in [7, 11) is 0. The first-order chi connectivity index (χ1) is 5.29. The van der Waals surface area contributed by atoms with Crippen LogP contribution < -0.4 is 5.32 Å². The summed E-state index contributed by atoms with van der Waals surface area (Å²) in [5.74, 6) is -0.166. The lowest BCUT2D eigenvalue weighted by Gasteiger charge is -1.89. The molecular formula is C7H7NO3. The van der Waals surface area contributed by atoms with Gasteiger partial charge in [0.25, 0.3) is 0 Å². The Morgan fingerprint density at radius 3 is 3.18 bits per heavy atom. The highest BCUT2D eigenvalue weighted by molar-refractivity contribution is 5.89. The van der Waals surface area contributed by atoms with Gasteiger partial charge in [-0.2, -0.15) is 0 Å². The molecular weight excluding hydrogens is 146 g/mol. The number of carbonyl (C=O) groups is 1. The Morgan fingerprint density at radius 1 is 1.64 bits per heavy atom. The van der Waals surface area contributed by atoms with Crippen molar-refractivity contribution in [3.8, 4) is 0 Å². The molecule has 0 amide bonds. The van der Waals surface area contributed by atoms with Crippen LogP contribution in [0.3, 0.4) is 0 Å². The van der Waals surface area contributed by atoms with Crippen molar-refractivity contribution in [2.45, 2.75) is 13.1 Å². The van der Waals surface area contributed by atoms with E-state index in [9.17, 15) is 4.79 Å². The number of hydrogen-bond donors (Lipinski definition) is 2. The van der Waals surface area contributed by atoms with Crippen LogP contribution >= 0.6 is 0 Å². The molecule has 2 heterocycles. The van der Waals surface area contributed by atoms with Gasteiger partial charge in [-0.05, 0) is 0 Å². The lowest BCUT2D eigenvalue weighted by atomic mass is 10.2. The highest BCUT2D eigenvalue weighted by Gasteiger charge is 2.21. The van der Waals surface area contributed by atoms with Gasteiger partial charge >= 0.3 is 5.97 Å². The van der Waals surface area contributed by atoms with Crippen molar-refractivity contribution in [1.29, 1.82) is 0 Å². The predicted molar refractivity (Wildman–Crippen MR) is 36.2 cm³/mol. The third kappa shape index (κ3) is 0.832. The van der Waals surface area contributed by atoms with Gasteiger partial charge in [0.2, 0.25) is 0 Å². The SMILES string of the molecule is O=C(O)c1coc2c1CNC2. The average Bonchev–Trinajstić information content (AvgIpc) is 2.41. The number of carboxylic acids is 1. The first-order valence-electron chi connectivity index (χ1n) is 3.32. The van der Waals surface area contributed by atoms with E-state index in [4.69, 9.17) is 9.52 Å². The molecule has 1 aromatic heterocycles. The number of carboxylic acid groups (broad SMARTS) is 1. The van der Waals surface area contributed by atoms with Crippen LogP contribution in [0.2, 0.25) is 0 Å². The molecule has 0 unspecified atom stereocenters. The monoisotopic (exact) mass is 153 g/mol. The average molecular weight is 153 g/mol. The van der Waals surface area contributed by atoms with Crippen molar-refractivity contribution in [2.75, 3.05) is 0 Å². The molecule has 4 heteroatoms. The van der Waals surface area contributed by atoms with Gasteiger partial charge in [0, 0.05) is 12.1 Å². The van der Waals surface area contributed by atoms with Gasteiger partial charge in [0.05, 0.1) is 6.54 Å². The van der Waals surface area contributed by atoms with Crippen LogP contribution in [-0.4, -0.2) is 11.1 Å². The van der Waals surface area contributed by atoms with Gasteiger partial charge in [0.15, 0.2) is 0 Å². The minimum Gasteiger partial charge on any atom is -0.478 e. The van der Waals surface area contributed by atoms with E-state index < -0.39 is 5.97 Å². The number of rotatable bonds is 1. The van der Waals surface area contributed by atoms with E-state index in [1.54, 1.807) is 0 Å². The maximum Gasteiger partial charge on any atom is 0.339 e. The molecule has 0 bridgehead atoms. The molecule has 4 nitrogen and oxygen atoms in total. The van der Waals surface area contributed by atoms with Crippen molar-refractivity contribution in [2.24, 2.45) is 0 Å². The largest absolute Gasteiger partial charge is 0.478 e. The summed E-state index contributed by atoms with van der Waals surface area (Å²) in [6.07, 6.45) is 1.30. The third-order valence-corrected chi connectivity index (χ3v) is 1.80. The van der Waals surface area contributed by atoms with Crippen molar-refractivity contribution >= 4 is 5.97 Å². The molecule has 0 atom stereocenters. The number of nitrogens with one attached hydrogen (secondary N) is 1. The Morgan fingerprint density at radius 2 is 2.45 bits per heavy atom. The van der Waals surface area contributed by atoms with Gasteiger partial charge in [-0.15, -0.1) is 0 Å². The van der Waals surface area contributed by atoms with Crippen LogP contribution in [0.4, 0.5) is 0 Å². The number of aromatic carboxylic acids is 1. The fourth-order valence-electron chi connectivity index (χ4n) is 1.25. The number of furan rings is 1. The summed E-state index contributed by atoms with van der Waals surface area (Å²) >= 11 is 0. The highest BCUT2D eigenvalue weighted by Crippen LogP contribution is 2.21.